The number of amides is 2. The molecule has 2 aromatic rings. The summed E-state index contributed by atoms with van der Waals surface area (Å²) in [5, 5.41) is 3.57. The molecular weight excluding hydrogens is 362 g/mol. The minimum atomic E-state index is -0.210. The van der Waals surface area contributed by atoms with Gasteiger partial charge in [-0.1, -0.05) is 37.6 Å². The molecule has 6 heteroatoms. The van der Waals surface area contributed by atoms with Gasteiger partial charge in [-0.05, 0) is 49.1 Å². The van der Waals surface area contributed by atoms with Crippen molar-refractivity contribution in [1.82, 2.24) is 15.2 Å². The lowest BCUT2D eigenvalue weighted by Gasteiger charge is -2.21. The van der Waals surface area contributed by atoms with Gasteiger partial charge in [0, 0.05) is 36.4 Å². The molecule has 1 N–H and O–H groups in total. The highest BCUT2D eigenvalue weighted by Gasteiger charge is 2.17. The third-order valence-electron chi connectivity index (χ3n) is 4.13. The van der Waals surface area contributed by atoms with Crippen LogP contribution in [0.2, 0.25) is 5.02 Å². The molecule has 0 unspecified atom stereocenters. The number of nitrogens with zero attached hydrogens (tertiary/aromatic N) is 2. The lowest BCUT2D eigenvalue weighted by molar-refractivity contribution is 0.0749. The average molecular weight is 388 g/mol. The van der Waals surface area contributed by atoms with E-state index in [9.17, 15) is 9.59 Å². The number of benzene rings is 1. The maximum Gasteiger partial charge on any atom is 0.272 e. The number of hydrogen-bond acceptors (Lipinski definition) is 3. The van der Waals surface area contributed by atoms with E-state index in [-0.39, 0.29) is 11.8 Å². The molecule has 144 valence electrons. The Balaban J connectivity index is 1.97. The Morgan fingerprint density at radius 3 is 2.37 bits per heavy atom. The van der Waals surface area contributed by atoms with E-state index < -0.39 is 0 Å². The van der Waals surface area contributed by atoms with Crippen molar-refractivity contribution in [3.8, 4) is 0 Å². The minimum absolute atomic E-state index is 0.130. The van der Waals surface area contributed by atoms with E-state index in [1.165, 1.54) is 6.20 Å². The summed E-state index contributed by atoms with van der Waals surface area (Å²) >= 11 is 5.87. The van der Waals surface area contributed by atoms with Gasteiger partial charge in [0.15, 0.2) is 0 Å². The average Bonchev–Trinajstić information content (AvgIpc) is 2.69. The van der Waals surface area contributed by atoms with Crippen molar-refractivity contribution >= 4 is 23.4 Å². The molecule has 27 heavy (non-hydrogen) atoms. The van der Waals surface area contributed by atoms with Gasteiger partial charge in [-0.2, -0.15) is 0 Å². The van der Waals surface area contributed by atoms with Crippen LogP contribution in [0.1, 0.15) is 53.1 Å². The quantitative estimate of drug-likeness (QED) is 0.708. The van der Waals surface area contributed by atoms with Gasteiger partial charge in [-0.3, -0.25) is 14.6 Å². The van der Waals surface area contributed by atoms with Crippen LogP contribution in [0.4, 0.5) is 0 Å². The summed E-state index contributed by atoms with van der Waals surface area (Å²) in [7, 11) is 0. The number of nitrogens with one attached hydrogen (secondary N) is 1. The topological polar surface area (TPSA) is 62.3 Å². The van der Waals surface area contributed by atoms with Gasteiger partial charge < -0.3 is 10.2 Å². The Kier molecular flexibility index (Phi) is 8.27. The Labute approximate surface area is 165 Å². The Bertz CT molecular complexity index is 756. The first kappa shape index (κ1) is 20.9. The molecule has 2 amide bonds. The van der Waals surface area contributed by atoms with E-state index in [1.54, 1.807) is 17.0 Å². The van der Waals surface area contributed by atoms with Gasteiger partial charge in [0.25, 0.3) is 11.8 Å². The molecule has 0 radical (unpaired) electrons. The van der Waals surface area contributed by atoms with Crippen LogP contribution >= 0.6 is 11.6 Å². The summed E-state index contributed by atoms with van der Waals surface area (Å²) in [5.74, 6) is -0.340. The molecular formula is C21H26ClN3O2. The fourth-order valence-corrected chi connectivity index (χ4v) is 2.90. The Hall–Kier alpha value is -2.40. The summed E-state index contributed by atoms with van der Waals surface area (Å²) in [6.45, 7) is 5.95. The van der Waals surface area contributed by atoms with E-state index >= 15 is 0 Å². The highest BCUT2D eigenvalue weighted by molar-refractivity contribution is 6.30. The second kappa shape index (κ2) is 10.7. The first-order chi connectivity index (χ1) is 13.0. The van der Waals surface area contributed by atoms with E-state index in [1.807, 2.05) is 38.1 Å². The van der Waals surface area contributed by atoms with Crippen LogP contribution in [-0.2, 0) is 6.42 Å². The molecule has 0 atom stereocenters. The molecule has 1 heterocycles. The normalized spacial score (nSPS) is 10.5. The van der Waals surface area contributed by atoms with Gasteiger partial charge in [-0.25, -0.2) is 0 Å². The van der Waals surface area contributed by atoms with Crippen molar-refractivity contribution in [1.29, 1.82) is 0 Å². The first-order valence-electron chi connectivity index (χ1n) is 9.33. The van der Waals surface area contributed by atoms with Crippen LogP contribution in [0.3, 0.4) is 0 Å². The molecule has 0 aliphatic rings. The van der Waals surface area contributed by atoms with Crippen molar-refractivity contribution < 1.29 is 9.59 Å². The number of aromatic nitrogens is 1. The molecule has 0 bridgehead atoms. The largest absolute Gasteiger partial charge is 0.352 e. The lowest BCUT2D eigenvalue weighted by atomic mass is 10.1. The predicted octanol–water partition coefficient (Wildman–Crippen LogP) is 3.97. The second-order valence-electron chi connectivity index (χ2n) is 6.35. The van der Waals surface area contributed by atoms with Crippen molar-refractivity contribution in [2.75, 3.05) is 19.6 Å². The molecule has 0 saturated heterocycles. The standard InChI is InChI=1S/C21H26ClN3O2/c1-3-13-25(14-4-2)21(27)19-15-17(10-12-23-19)20(26)24-11-9-16-5-7-18(22)8-6-16/h5-8,10,12,15H,3-4,9,11,13-14H2,1-2H3,(H,24,26). The molecule has 0 saturated carbocycles. The van der Waals surface area contributed by atoms with Crippen LogP contribution in [0.25, 0.3) is 0 Å². The Morgan fingerprint density at radius 2 is 1.74 bits per heavy atom. The van der Waals surface area contributed by atoms with Crippen LogP contribution in [0, 0.1) is 0 Å². The fraction of sp³-hybridized carbons (Fsp3) is 0.381. The predicted molar refractivity (Wildman–Crippen MR) is 108 cm³/mol. The van der Waals surface area contributed by atoms with E-state index in [0.717, 1.165) is 18.4 Å². The van der Waals surface area contributed by atoms with Crippen LogP contribution in [-0.4, -0.2) is 41.3 Å². The first-order valence-corrected chi connectivity index (χ1v) is 9.71. The van der Waals surface area contributed by atoms with Crippen LogP contribution < -0.4 is 5.32 Å². The summed E-state index contributed by atoms with van der Waals surface area (Å²) in [4.78, 5) is 31.0. The number of hydrogen-bond donors (Lipinski definition) is 1. The number of halogens is 1. The highest BCUT2D eigenvalue weighted by atomic mass is 35.5. The zero-order chi connectivity index (χ0) is 19.6. The molecule has 0 aliphatic carbocycles. The third kappa shape index (κ3) is 6.36. The number of rotatable bonds is 9. The van der Waals surface area contributed by atoms with E-state index in [4.69, 9.17) is 11.6 Å². The van der Waals surface area contributed by atoms with Gasteiger partial charge in [0.2, 0.25) is 0 Å². The molecule has 0 fully saturated rings. The summed E-state index contributed by atoms with van der Waals surface area (Å²) in [6, 6.07) is 10.7. The molecule has 0 aliphatic heterocycles. The molecule has 1 aromatic heterocycles. The van der Waals surface area contributed by atoms with E-state index in [2.05, 4.69) is 10.3 Å². The Morgan fingerprint density at radius 1 is 1.07 bits per heavy atom. The SMILES string of the molecule is CCCN(CCC)C(=O)c1cc(C(=O)NCCc2ccc(Cl)cc2)ccn1. The van der Waals surface area contributed by atoms with Gasteiger partial charge in [0.05, 0.1) is 0 Å². The van der Waals surface area contributed by atoms with Gasteiger partial charge in [-0.15, -0.1) is 0 Å². The third-order valence-corrected chi connectivity index (χ3v) is 4.38. The minimum Gasteiger partial charge on any atom is -0.352 e. The zero-order valence-corrected chi connectivity index (χ0v) is 16.6. The van der Waals surface area contributed by atoms with Crippen molar-refractivity contribution in [3.63, 3.8) is 0 Å². The number of carbonyl (C=O) groups excluding carboxylic acids is 2. The summed E-state index contributed by atoms with van der Waals surface area (Å²) in [6.07, 6.45) is 3.99. The van der Waals surface area contributed by atoms with Crippen LogP contribution in [0.5, 0.6) is 0 Å². The highest BCUT2D eigenvalue weighted by Crippen LogP contribution is 2.10. The summed E-state index contributed by atoms with van der Waals surface area (Å²) < 4.78 is 0. The van der Waals surface area contributed by atoms with Crippen molar-refractivity contribution in [2.45, 2.75) is 33.1 Å². The second-order valence-corrected chi connectivity index (χ2v) is 6.79. The maximum atomic E-state index is 12.6. The lowest BCUT2D eigenvalue weighted by Crippen LogP contribution is -2.33. The molecule has 1 aromatic carbocycles. The van der Waals surface area contributed by atoms with E-state index in [0.29, 0.717) is 42.3 Å². The molecule has 2 rings (SSSR count). The maximum absolute atomic E-state index is 12.6. The number of carbonyl (C=O) groups is 2. The van der Waals surface area contributed by atoms with Crippen LogP contribution in [0.15, 0.2) is 42.6 Å². The smallest absolute Gasteiger partial charge is 0.272 e. The number of pyridine rings is 1. The zero-order valence-electron chi connectivity index (χ0n) is 15.9. The van der Waals surface area contributed by atoms with Crippen molar-refractivity contribution in [2.24, 2.45) is 0 Å². The molecule has 5 nitrogen and oxygen atoms in total. The fourth-order valence-electron chi connectivity index (χ4n) is 2.78. The van der Waals surface area contributed by atoms with Crippen molar-refractivity contribution in [3.05, 3.63) is 64.4 Å². The summed E-state index contributed by atoms with van der Waals surface area (Å²) in [5.41, 5.74) is 1.85. The van der Waals surface area contributed by atoms with Gasteiger partial charge in [0.1, 0.15) is 5.69 Å². The molecule has 0 spiro atoms. The van der Waals surface area contributed by atoms with Gasteiger partial charge >= 0.3 is 0 Å². The monoisotopic (exact) mass is 387 g/mol.